The van der Waals surface area contributed by atoms with Crippen LogP contribution in [-0.4, -0.2) is 49.0 Å². The number of halogens is 1. The molecular formula is C16H18BrN3O4S. The van der Waals surface area contributed by atoms with E-state index < -0.39 is 10.0 Å². The van der Waals surface area contributed by atoms with Gasteiger partial charge in [-0.1, -0.05) is 6.07 Å². The van der Waals surface area contributed by atoms with Crippen molar-refractivity contribution in [2.45, 2.75) is 23.8 Å². The smallest absolute Gasteiger partial charge is 0.316 e. The molecule has 1 fully saturated rings. The molecule has 0 atom stereocenters. The Morgan fingerprint density at radius 3 is 2.52 bits per heavy atom. The second-order valence-corrected chi connectivity index (χ2v) is 8.44. The summed E-state index contributed by atoms with van der Waals surface area (Å²) in [4.78, 5) is 8.40. The Labute approximate surface area is 155 Å². The fourth-order valence-corrected chi connectivity index (χ4v) is 4.32. The van der Waals surface area contributed by atoms with E-state index in [0.29, 0.717) is 37.7 Å². The van der Waals surface area contributed by atoms with Crippen molar-refractivity contribution >= 4 is 26.0 Å². The first-order valence-corrected chi connectivity index (χ1v) is 10.0. The monoisotopic (exact) mass is 427 g/mol. The molecule has 0 amide bonds. The van der Waals surface area contributed by atoms with E-state index in [2.05, 4.69) is 25.9 Å². The molecular weight excluding hydrogens is 410 g/mol. The van der Waals surface area contributed by atoms with Crippen molar-refractivity contribution in [3.8, 4) is 11.8 Å². The van der Waals surface area contributed by atoms with Crippen LogP contribution in [0.5, 0.6) is 11.8 Å². The molecule has 1 aromatic carbocycles. The Morgan fingerprint density at radius 1 is 1.20 bits per heavy atom. The highest BCUT2D eigenvalue weighted by Gasteiger charge is 2.30. The van der Waals surface area contributed by atoms with Crippen LogP contribution in [0.1, 0.15) is 12.8 Å². The zero-order chi connectivity index (χ0) is 17.9. The number of rotatable bonds is 5. The quantitative estimate of drug-likeness (QED) is 0.728. The molecule has 7 nitrogen and oxygen atoms in total. The van der Waals surface area contributed by atoms with Crippen molar-refractivity contribution in [3.63, 3.8) is 0 Å². The number of sulfonamides is 1. The summed E-state index contributed by atoms with van der Waals surface area (Å²) in [5.41, 5.74) is 0. The molecule has 0 radical (unpaired) electrons. The Hall–Kier alpha value is -1.71. The van der Waals surface area contributed by atoms with Gasteiger partial charge in [-0.05, 0) is 40.9 Å². The largest absolute Gasteiger partial charge is 0.497 e. The summed E-state index contributed by atoms with van der Waals surface area (Å²) in [5, 5.41) is 0. The number of ether oxygens (including phenoxy) is 2. The molecule has 0 bridgehead atoms. The Kier molecular flexibility index (Phi) is 5.55. The van der Waals surface area contributed by atoms with Gasteiger partial charge in [0.25, 0.3) is 0 Å². The third kappa shape index (κ3) is 4.28. The van der Waals surface area contributed by atoms with Crippen molar-refractivity contribution in [2.24, 2.45) is 0 Å². The van der Waals surface area contributed by atoms with Crippen LogP contribution in [0.15, 0.2) is 46.0 Å². The van der Waals surface area contributed by atoms with Gasteiger partial charge >= 0.3 is 6.01 Å². The number of piperidine rings is 1. The molecule has 0 spiro atoms. The Bertz CT molecular complexity index is 822. The number of methoxy groups -OCH3 is 1. The molecule has 1 aliphatic rings. The van der Waals surface area contributed by atoms with Gasteiger partial charge < -0.3 is 9.47 Å². The predicted octanol–water partition coefficient (Wildman–Crippen LogP) is 2.48. The molecule has 25 heavy (non-hydrogen) atoms. The van der Waals surface area contributed by atoms with Gasteiger partial charge in [0.05, 0.1) is 16.5 Å². The Morgan fingerprint density at radius 2 is 1.88 bits per heavy atom. The van der Waals surface area contributed by atoms with Crippen LogP contribution in [0.2, 0.25) is 0 Å². The van der Waals surface area contributed by atoms with Crippen LogP contribution in [0.3, 0.4) is 0 Å². The van der Waals surface area contributed by atoms with Crippen molar-refractivity contribution in [1.29, 1.82) is 0 Å². The average molecular weight is 428 g/mol. The van der Waals surface area contributed by atoms with Crippen LogP contribution >= 0.6 is 15.9 Å². The van der Waals surface area contributed by atoms with Crippen LogP contribution in [-0.2, 0) is 10.0 Å². The molecule has 0 saturated carbocycles. The van der Waals surface area contributed by atoms with Crippen molar-refractivity contribution in [3.05, 3.63) is 41.1 Å². The van der Waals surface area contributed by atoms with Crippen molar-refractivity contribution in [1.82, 2.24) is 14.3 Å². The lowest BCUT2D eigenvalue weighted by molar-refractivity contribution is 0.124. The highest BCUT2D eigenvalue weighted by Crippen LogP contribution is 2.25. The van der Waals surface area contributed by atoms with Crippen molar-refractivity contribution < 1.29 is 17.9 Å². The molecule has 0 aliphatic carbocycles. The van der Waals surface area contributed by atoms with E-state index in [0.717, 1.165) is 4.47 Å². The summed E-state index contributed by atoms with van der Waals surface area (Å²) in [6.07, 6.45) is 4.30. The van der Waals surface area contributed by atoms with Gasteiger partial charge in [-0.2, -0.15) is 4.31 Å². The first-order chi connectivity index (χ1) is 12.0. The SMILES string of the molecule is COc1cccc(S(=O)(=O)N2CCC(Oc3ncc(Br)cn3)CC2)c1. The predicted molar refractivity (Wildman–Crippen MR) is 95.1 cm³/mol. The summed E-state index contributed by atoms with van der Waals surface area (Å²) >= 11 is 3.27. The van der Waals surface area contributed by atoms with Crippen LogP contribution in [0.25, 0.3) is 0 Å². The maximum absolute atomic E-state index is 12.8. The molecule has 0 unspecified atom stereocenters. The number of benzene rings is 1. The summed E-state index contributed by atoms with van der Waals surface area (Å²) in [5.74, 6) is 0.520. The maximum atomic E-state index is 12.8. The van der Waals surface area contributed by atoms with Crippen LogP contribution in [0.4, 0.5) is 0 Å². The molecule has 9 heteroatoms. The Balaban J connectivity index is 1.63. The van der Waals surface area contributed by atoms with Crippen LogP contribution < -0.4 is 9.47 Å². The van der Waals surface area contributed by atoms with E-state index in [4.69, 9.17) is 9.47 Å². The van der Waals surface area contributed by atoms with Gasteiger partial charge in [0.2, 0.25) is 10.0 Å². The highest BCUT2D eigenvalue weighted by molar-refractivity contribution is 9.10. The third-order valence-corrected chi connectivity index (χ3v) is 6.25. The van der Waals surface area contributed by atoms with Crippen molar-refractivity contribution in [2.75, 3.05) is 20.2 Å². The van der Waals surface area contributed by atoms with Gasteiger partial charge in [-0.15, -0.1) is 0 Å². The minimum absolute atomic E-state index is 0.0991. The van der Waals surface area contributed by atoms with Gasteiger partial charge in [-0.3, -0.25) is 0 Å². The lowest BCUT2D eigenvalue weighted by atomic mass is 10.1. The second kappa shape index (κ2) is 7.67. The maximum Gasteiger partial charge on any atom is 0.316 e. The summed E-state index contributed by atoms with van der Waals surface area (Å²) in [6.45, 7) is 0.779. The van der Waals surface area contributed by atoms with Gasteiger partial charge in [-0.25, -0.2) is 18.4 Å². The average Bonchev–Trinajstić information content (AvgIpc) is 2.64. The molecule has 134 valence electrons. The normalized spacial score (nSPS) is 16.6. The standard InChI is InChI=1S/C16H18BrN3O4S/c1-23-14-3-2-4-15(9-14)25(21,22)20-7-5-13(6-8-20)24-16-18-10-12(17)11-19-16/h2-4,9-11,13H,5-8H2,1H3. The van der Waals surface area contributed by atoms with E-state index in [-0.39, 0.29) is 11.0 Å². The molecule has 1 aromatic heterocycles. The fourth-order valence-electron chi connectivity index (χ4n) is 2.61. The van der Waals surface area contributed by atoms with Gasteiger partial charge in [0.1, 0.15) is 11.9 Å². The summed E-state index contributed by atoms with van der Waals surface area (Å²) in [7, 11) is -2.02. The molecule has 2 heterocycles. The number of aromatic nitrogens is 2. The first kappa shape index (κ1) is 18.1. The number of nitrogens with zero attached hydrogens (tertiary/aromatic N) is 3. The lowest BCUT2D eigenvalue weighted by Crippen LogP contribution is -2.41. The van der Waals surface area contributed by atoms with Crippen LogP contribution in [0, 0.1) is 0 Å². The van der Waals surface area contributed by atoms with Gasteiger partial charge in [0, 0.05) is 31.5 Å². The first-order valence-electron chi connectivity index (χ1n) is 7.77. The molecule has 1 saturated heterocycles. The fraction of sp³-hybridized carbons (Fsp3) is 0.375. The summed E-state index contributed by atoms with van der Waals surface area (Å²) < 4.78 is 38.6. The van der Waals surface area contributed by atoms with E-state index in [9.17, 15) is 8.42 Å². The number of hydrogen-bond donors (Lipinski definition) is 0. The zero-order valence-corrected chi connectivity index (χ0v) is 16.0. The number of hydrogen-bond acceptors (Lipinski definition) is 6. The lowest BCUT2D eigenvalue weighted by Gasteiger charge is -2.30. The molecule has 2 aromatic rings. The van der Waals surface area contributed by atoms with E-state index >= 15 is 0 Å². The highest BCUT2D eigenvalue weighted by atomic mass is 79.9. The minimum atomic E-state index is -3.54. The third-order valence-electron chi connectivity index (χ3n) is 3.95. The molecule has 3 rings (SSSR count). The molecule has 1 aliphatic heterocycles. The van der Waals surface area contributed by atoms with Gasteiger partial charge in [0.15, 0.2) is 0 Å². The molecule has 0 N–H and O–H groups in total. The van der Waals surface area contributed by atoms with E-state index in [1.54, 1.807) is 30.6 Å². The summed E-state index contributed by atoms with van der Waals surface area (Å²) in [6, 6.07) is 6.81. The zero-order valence-electron chi connectivity index (χ0n) is 13.6. The van der Waals surface area contributed by atoms with E-state index in [1.165, 1.54) is 17.5 Å². The topological polar surface area (TPSA) is 81.6 Å². The minimum Gasteiger partial charge on any atom is -0.497 e. The van der Waals surface area contributed by atoms with E-state index in [1.807, 2.05) is 0 Å². The second-order valence-electron chi connectivity index (χ2n) is 5.58.